The molecule has 0 aliphatic heterocycles. The Morgan fingerprint density at radius 3 is 1.56 bits per heavy atom. The molecule has 0 saturated heterocycles. The van der Waals surface area contributed by atoms with Gasteiger partial charge in [-0.3, -0.25) is 0 Å². The first kappa shape index (κ1) is 30.7. The molecule has 0 saturated carbocycles. The molecule has 0 radical (unpaired) electrons. The second kappa shape index (κ2) is 21.5. The van der Waals surface area contributed by atoms with Crippen molar-refractivity contribution < 1.29 is 4.57 Å². The second-order valence-electron chi connectivity index (χ2n) is 11.1. The van der Waals surface area contributed by atoms with Gasteiger partial charge in [0.25, 0.3) is 5.82 Å². The third-order valence-electron chi connectivity index (χ3n) is 7.79. The van der Waals surface area contributed by atoms with E-state index in [0.717, 1.165) is 6.54 Å². The molecule has 1 aromatic carbocycles. The number of benzene rings is 1. The summed E-state index contributed by atoms with van der Waals surface area (Å²) in [5.74, 6) is 1.53. The zero-order chi connectivity index (χ0) is 25.5. The number of imidazole rings is 1. The van der Waals surface area contributed by atoms with E-state index in [2.05, 4.69) is 65.7 Å². The van der Waals surface area contributed by atoms with Crippen LogP contribution in [0.2, 0.25) is 0 Å². The van der Waals surface area contributed by atoms with Gasteiger partial charge in [0.2, 0.25) is 0 Å². The fourth-order valence-corrected chi connectivity index (χ4v) is 5.45. The molecule has 0 atom stereocenters. The minimum Gasteiger partial charge on any atom is -0.234 e. The quantitative estimate of drug-likeness (QED) is 0.101. The van der Waals surface area contributed by atoms with Crippen molar-refractivity contribution in [3.63, 3.8) is 0 Å². The van der Waals surface area contributed by atoms with Crippen LogP contribution in [0.4, 0.5) is 0 Å². The van der Waals surface area contributed by atoms with Gasteiger partial charge in [-0.15, -0.1) is 0 Å². The predicted octanol–water partition coefficient (Wildman–Crippen LogP) is 10.2. The Labute approximate surface area is 224 Å². The molecule has 0 N–H and O–H groups in total. The van der Waals surface area contributed by atoms with Crippen LogP contribution in [-0.2, 0) is 19.5 Å². The number of rotatable bonds is 24. The van der Waals surface area contributed by atoms with E-state index in [-0.39, 0.29) is 0 Å². The topological polar surface area (TPSA) is 8.81 Å². The molecule has 2 aromatic rings. The summed E-state index contributed by atoms with van der Waals surface area (Å²) in [5, 5.41) is 0. The van der Waals surface area contributed by atoms with Crippen molar-refractivity contribution in [3.8, 4) is 0 Å². The van der Waals surface area contributed by atoms with Crippen molar-refractivity contribution in [2.75, 3.05) is 0 Å². The molecule has 1 aromatic heterocycles. The van der Waals surface area contributed by atoms with Gasteiger partial charge in [0.1, 0.15) is 18.9 Å². The highest BCUT2D eigenvalue weighted by Gasteiger charge is 2.17. The van der Waals surface area contributed by atoms with E-state index < -0.39 is 0 Å². The fraction of sp³-hybridized carbons (Fsp3) is 0.735. The number of unbranched alkanes of at least 4 members (excludes halogenated alkanes) is 18. The third-order valence-corrected chi connectivity index (χ3v) is 7.79. The third kappa shape index (κ3) is 14.2. The molecule has 0 bridgehead atoms. The Bertz CT molecular complexity index is 733. The lowest BCUT2D eigenvalue weighted by Crippen LogP contribution is -2.37. The summed E-state index contributed by atoms with van der Waals surface area (Å²) in [4.78, 5) is 0. The van der Waals surface area contributed by atoms with Crippen LogP contribution >= 0.6 is 0 Å². The van der Waals surface area contributed by atoms with Crippen LogP contribution in [0.3, 0.4) is 0 Å². The molecule has 0 aliphatic carbocycles. The van der Waals surface area contributed by atoms with Crippen LogP contribution in [0, 0.1) is 0 Å². The standard InChI is InChI=1S/C34H59N2/c1-3-5-7-9-10-11-12-13-14-15-16-17-18-20-25-29-35-30-31-36(32-33-26-22-21-23-27-33)34(35)28-24-19-8-6-4-2/h21-23,26-27,30-31H,3-20,24-25,28-29,32H2,1-2H3/q+1. The summed E-state index contributed by atoms with van der Waals surface area (Å²) >= 11 is 0. The zero-order valence-electron chi connectivity index (χ0n) is 24.2. The fourth-order valence-electron chi connectivity index (χ4n) is 5.45. The van der Waals surface area contributed by atoms with Crippen molar-refractivity contribution in [1.29, 1.82) is 0 Å². The maximum absolute atomic E-state index is 2.56. The summed E-state index contributed by atoms with van der Waals surface area (Å²) in [6.07, 6.45) is 34.1. The van der Waals surface area contributed by atoms with E-state index in [1.807, 2.05) is 0 Å². The van der Waals surface area contributed by atoms with Gasteiger partial charge in [-0.1, -0.05) is 153 Å². The molecular formula is C34H59N2+. The van der Waals surface area contributed by atoms with Crippen molar-refractivity contribution in [2.24, 2.45) is 0 Å². The van der Waals surface area contributed by atoms with E-state index in [9.17, 15) is 0 Å². The van der Waals surface area contributed by atoms with Gasteiger partial charge >= 0.3 is 0 Å². The highest BCUT2D eigenvalue weighted by molar-refractivity contribution is 5.13. The Balaban J connectivity index is 1.60. The average Bonchev–Trinajstić information content (AvgIpc) is 3.27. The van der Waals surface area contributed by atoms with Crippen LogP contribution in [0.15, 0.2) is 42.7 Å². The molecule has 204 valence electrons. The molecular weight excluding hydrogens is 436 g/mol. The van der Waals surface area contributed by atoms with Crippen LogP contribution < -0.4 is 4.57 Å². The molecule has 2 rings (SSSR count). The Hall–Kier alpha value is -1.57. The molecule has 36 heavy (non-hydrogen) atoms. The second-order valence-corrected chi connectivity index (χ2v) is 11.1. The molecule has 0 fully saturated rings. The van der Waals surface area contributed by atoms with Gasteiger partial charge in [0, 0.05) is 6.42 Å². The average molecular weight is 496 g/mol. The van der Waals surface area contributed by atoms with E-state index in [1.165, 1.54) is 153 Å². The molecule has 2 heteroatoms. The summed E-state index contributed by atoms with van der Waals surface area (Å²) in [6.45, 7) is 6.79. The first-order valence-corrected chi connectivity index (χ1v) is 16.0. The Kier molecular flexibility index (Phi) is 18.3. The van der Waals surface area contributed by atoms with Crippen molar-refractivity contribution in [1.82, 2.24) is 4.57 Å². The summed E-state index contributed by atoms with van der Waals surface area (Å²) in [5.41, 5.74) is 1.40. The summed E-state index contributed by atoms with van der Waals surface area (Å²) < 4.78 is 5.06. The predicted molar refractivity (Wildman–Crippen MR) is 158 cm³/mol. The first-order valence-electron chi connectivity index (χ1n) is 16.0. The molecule has 1 heterocycles. The zero-order valence-corrected chi connectivity index (χ0v) is 24.2. The lowest BCUT2D eigenvalue weighted by atomic mass is 10.0. The number of hydrogen-bond donors (Lipinski definition) is 0. The lowest BCUT2D eigenvalue weighted by Gasteiger charge is -2.07. The minimum absolute atomic E-state index is 0.997. The number of aromatic nitrogens is 2. The van der Waals surface area contributed by atoms with Gasteiger partial charge in [0.05, 0.1) is 6.54 Å². The minimum atomic E-state index is 0.997. The maximum Gasteiger partial charge on any atom is 0.256 e. The Morgan fingerprint density at radius 1 is 0.556 bits per heavy atom. The lowest BCUT2D eigenvalue weighted by molar-refractivity contribution is -0.695. The van der Waals surface area contributed by atoms with Gasteiger partial charge < -0.3 is 0 Å². The van der Waals surface area contributed by atoms with Crippen LogP contribution in [0.25, 0.3) is 0 Å². The Morgan fingerprint density at radius 2 is 1.03 bits per heavy atom. The number of aryl methyl sites for hydroxylation is 1. The van der Waals surface area contributed by atoms with E-state index in [1.54, 1.807) is 0 Å². The monoisotopic (exact) mass is 495 g/mol. The van der Waals surface area contributed by atoms with Gasteiger partial charge in [0.15, 0.2) is 0 Å². The normalized spacial score (nSPS) is 11.4. The summed E-state index contributed by atoms with van der Waals surface area (Å²) in [6, 6.07) is 10.9. The van der Waals surface area contributed by atoms with Crippen LogP contribution in [0.1, 0.15) is 154 Å². The van der Waals surface area contributed by atoms with E-state index >= 15 is 0 Å². The first-order chi connectivity index (χ1) is 17.8. The highest BCUT2D eigenvalue weighted by Crippen LogP contribution is 2.14. The molecule has 0 unspecified atom stereocenters. The van der Waals surface area contributed by atoms with E-state index in [0.29, 0.717) is 0 Å². The van der Waals surface area contributed by atoms with E-state index in [4.69, 9.17) is 0 Å². The van der Waals surface area contributed by atoms with Crippen molar-refractivity contribution in [3.05, 3.63) is 54.1 Å². The molecule has 0 amide bonds. The highest BCUT2D eigenvalue weighted by atomic mass is 15.1. The number of nitrogens with zero attached hydrogens (tertiary/aromatic N) is 2. The van der Waals surface area contributed by atoms with Crippen molar-refractivity contribution in [2.45, 2.75) is 162 Å². The van der Waals surface area contributed by atoms with Crippen molar-refractivity contribution >= 4 is 0 Å². The van der Waals surface area contributed by atoms with Gasteiger partial charge in [-0.05, 0) is 24.8 Å². The molecule has 2 nitrogen and oxygen atoms in total. The largest absolute Gasteiger partial charge is 0.256 e. The molecule has 0 spiro atoms. The van der Waals surface area contributed by atoms with Gasteiger partial charge in [-0.25, -0.2) is 9.13 Å². The number of hydrogen-bond acceptors (Lipinski definition) is 0. The summed E-state index contributed by atoms with van der Waals surface area (Å²) in [7, 11) is 0. The smallest absolute Gasteiger partial charge is 0.234 e. The maximum atomic E-state index is 2.56. The molecule has 0 aliphatic rings. The van der Waals surface area contributed by atoms with Gasteiger partial charge in [-0.2, -0.15) is 0 Å². The van der Waals surface area contributed by atoms with Crippen LogP contribution in [-0.4, -0.2) is 4.57 Å². The SMILES string of the molecule is CCCCCCCCCCCCCCCCCn1cc[n+](Cc2ccccc2)c1CCCCCCC. The van der Waals surface area contributed by atoms with Crippen LogP contribution in [0.5, 0.6) is 0 Å².